The second-order valence-electron chi connectivity index (χ2n) is 5.31. The van der Waals surface area contributed by atoms with E-state index >= 15 is 0 Å². The summed E-state index contributed by atoms with van der Waals surface area (Å²) in [5, 5.41) is 4.61. The van der Waals surface area contributed by atoms with Gasteiger partial charge < -0.3 is 5.32 Å². The summed E-state index contributed by atoms with van der Waals surface area (Å²) in [6.45, 7) is 8.07. The minimum atomic E-state index is 1.02. The Hall–Kier alpha value is -2.61. The van der Waals surface area contributed by atoms with Crippen LogP contribution in [0.15, 0.2) is 61.2 Å². The van der Waals surface area contributed by atoms with Crippen LogP contribution in [-0.4, -0.2) is 4.98 Å². The molecular formula is C19H18N2. The molecule has 1 aromatic heterocycles. The molecular weight excluding hydrogens is 256 g/mol. The lowest BCUT2D eigenvalue weighted by molar-refractivity contribution is 1.26. The van der Waals surface area contributed by atoms with E-state index in [0.29, 0.717) is 0 Å². The molecule has 2 aromatic carbocycles. The van der Waals surface area contributed by atoms with Crippen LogP contribution in [0.25, 0.3) is 16.5 Å². The molecule has 0 bridgehead atoms. The third-order valence-corrected chi connectivity index (χ3v) is 3.49. The number of nitrogens with one attached hydrogen (secondary N) is 1. The second-order valence-corrected chi connectivity index (χ2v) is 5.31. The van der Waals surface area contributed by atoms with Crippen molar-refractivity contribution in [1.82, 2.24) is 4.98 Å². The number of hydrogen-bond acceptors (Lipinski definition) is 2. The number of allylic oxidation sites excluding steroid dienone is 1. The smallest absolute Gasteiger partial charge is 0.0706 e. The van der Waals surface area contributed by atoms with Gasteiger partial charge in [0.15, 0.2) is 0 Å². The molecule has 0 unspecified atom stereocenters. The molecule has 21 heavy (non-hydrogen) atoms. The van der Waals surface area contributed by atoms with Crippen molar-refractivity contribution in [1.29, 1.82) is 0 Å². The van der Waals surface area contributed by atoms with Gasteiger partial charge >= 0.3 is 0 Å². The number of aryl methyl sites for hydroxylation is 1. The molecule has 104 valence electrons. The van der Waals surface area contributed by atoms with Crippen LogP contribution in [0.2, 0.25) is 0 Å². The highest BCUT2D eigenvalue weighted by molar-refractivity contribution is 5.85. The van der Waals surface area contributed by atoms with Crippen LogP contribution in [-0.2, 0) is 0 Å². The predicted molar refractivity (Wildman–Crippen MR) is 90.9 cm³/mol. The molecule has 3 aromatic rings. The number of fused-ring (bicyclic) bond motifs is 1. The Morgan fingerprint density at radius 2 is 1.86 bits per heavy atom. The standard InChI is InChI=1S/C19H18N2/c1-13(2)17-6-4-5-7-19(17)21-16-10-11-18-15(12-16)9-8-14(3)20-18/h4-12,21H,1H2,2-3H3. The Balaban J connectivity index is 1.99. The Kier molecular flexibility index (Phi) is 3.44. The molecule has 0 amide bonds. The molecule has 1 heterocycles. The van der Waals surface area contributed by atoms with Gasteiger partial charge in [-0.05, 0) is 49.8 Å². The van der Waals surface area contributed by atoms with E-state index in [0.717, 1.165) is 39.1 Å². The van der Waals surface area contributed by atoms with Crippen molar-refractivity contribution < 1.29 is 0 Å². The second kappa shape index (κ2) is 5.41. The van der Waals surface area contributed by atoms with Crippen molar-refractivity contribution in [3.63, 3.8) is 0 Å². The number of hydrogen-bond donors (Lipinski definition) is 1. The number of aromatic nitrogens is 1. The van der Waals surface area contributed by atoms with Crippen LogP contribution in [0.1, 0.15) is 18.2 Å². The van der Waals surface area contributed by atoms with Gasteiger partial charge in [-0.25, -0.2) is 0 Å². The van der Waals surface area contributed by atoms with E-state index in [1.807, 2.05) is 38.1 Å². The lowest BCUT2D eigenvalue weighted by Crippen LogP contribution is -1.94. The zero-order valence-corrected chi connectivity index (χ0v) is 12.4. The van der Waals surface area contributed by atoms with Gasteiger partial charge in [-0.15, -0.1) is 0 Å². The van der Waals surface area contributed by atoms with Crippen molar-refractivity contribution in [3.05, 3.63) is 72.4 Å². The summed E-state index contributed by atoms with van der Waals surface area (Å²) in [6.07, 6.45) is 0. The van der Waals surface area contributed by atoms with Gasteiger partial charge in [0, 0.05) is 28.0 Å². The number of para-hydroxylation sites is 1. The molecule has 0 saturated heterocycles. The zero-order valence-electron chi connectivity index (χ0n) is 12.4. The van der Waals surface area contributed by atoms with Crippen molar-refractivity contribution in [2.24, 2.45) is 0 Å². The maximum Gasteiger partial charge on any atom is 0.0706 e. The molecule has 0 aliphatic rings. The average molecular weight is 274 g/mol. The highest BCUT2D eigenvalue weighted by Crippen LogP contribution is 2.27. The summed E-state index contributed by atoms with van der Waals surface area (Å²) in [7, 11) is 0. The summed E-state index contributed by atoms with van der Waals surface area (Å²) in [5.74, 6) is 0. The van der Waals surface area contributed by atoms with Crippen molar-refractivity contribution in [3.8, 4) is 0 Å². The molecule has 0 aliphatic heterocycles. The van der Waals surface area contributed by atoms with Crippen LogP contribution in [0.4, 0.5) is 11.4 Å². The predicted octanol–water partition coefficient (Wildman–Crippen LogP) is 5.32. The first-order chi connectivity index (χ1) is 10.1. The topological polar surface area (TPSA) is 24.9 Å². The highest BCUT2D eigenvalue weighted by Gasteiger charge is 2.04. The fourth-order valence-corrected chi connectivity index (χ4v) is 2.43. The Morgan fingerprint density at radius 1 is 1.05 bits per heavy atom. The fraction of sp³-hybridized carbons (Fsp3) is 0.105. The molecule has 1 N–H and O–H groups in total. The first-order valence-corrected chi connectivity index (χ1v) is 7.03. The van der Waals surface area contributed by atoms with Gasteiger partial charge in [-0.3, -0.25) is 4.98 Å². The summed E-state index contributed by atoms with van der Waals surface area (Å²) in [4.78, 5) is 4.53. The first kappa shape index (κ1) is 13.4. The molecule has 0 atom stereocenters. The lowest BCUT2D eigenvalue weighted by Gasteiger charge is -2.12. The Labute approximate surface area is 125 Å². The van der Waals surface area contributed by atoms with Gasteiger partial charge in [0.1, 0.15) is 0 Å². The SMILES string of the molecule is C=C(C)c1ccccc1Nc1ccc2nc(C)ccc2c1. The third kappa shape index (κ3) is 2.79. The molecule has 2 nitrogen and oxygen atoms in total. The molecule has 3 rings (SSSR count). The first-order valence-electron chi connectivity index (χ1n) is 7.03. The van der Waals surface area contributed by atoms with Crippen LogP contribution < -0.4 is 5.32 Å². The summed E-state index contributed by atoms with van der Waals surface area (Å²) in [5.41, 5.74) is 6.38. The van der Waals surface area contributed by atoms with E-state index in [4.69, 9.17) is 0 Å². The normalized spacial score (nSPS) is 10.6. The summed E-state index contributed by atoms with van der Waals surface area (Å²) >= 11 is 0. The van der Waals surface area contributed by atoms with E-state index in [1.54, 1.807) is 0 Å². The van der Waals surface area contributed by atoms with E-state index in [9.17, 15) is 0 Å². The van der Waals surface area contributed by atoms with Crippen molar-refractivity contribution >= 4 is 27.9 Å². The molecule has 0 aliphatic carbocycles. The quantitative estimate of drug-likeness (QED) is 0.699. The molecule has 2 heteroatoms. The number of rotatable bonds is 3. The highest BCUT2D eigenvalue weighted by atomic mass is 14.9. The maximum absolute atomic E-state index is 4.53. The van der Waals surface area contributed by atoms with Gasteiger partial charge in [0.05, 0.1) is 5.52 Å². The minimum Gasteiger partial charge on any atom is -0.355 e. The van der Waals surface area contributed by atoms with E-state index in [-0.39, 0.29) is 0 Å². The summed E-state index contributed by atoms with van der Waals surface area (Å²) < 4.78 is 0. The number of benzene rings is 2. The van der Waals surface area contributed by atoms with Gasteiger partial charge in [-0.2, -0.15) is 0 Å². The number of anilines is 2. The molecule has 0 spiro atoms. The summed E-state index contributed by atoms with van der Waals surface area (Å²) in [6, 6.07) is 18.6. The largest absolute Gasteiger partial charge is 0.355 e. The van der Waals surface area contributed by atoms with Gasteiger partial charge in [0.2, 0.25) is 0 Å². The average Bonchev–Trinajstić information content (AvgIpc) is 2.48. The monoisotopic (exact) mass is 274 g/mol. The van der Waals surface area contributed by atoms with Crippen molar-refractivity contribution in [2.75, 3.05) is 5.32 Å². The molecule has 0 fully saturated rings. The van der Waals surface area contributed by atoms with Crippen molar-refractivity contribution in [2.45, 2.75) is 13.8 Å². The van der Waals surface area contributed by atoms with Gasteiger partial charge in [0.25, 0.3) is 0 Å². The van der Waals surface area contributed by atoms with E-state index < -0.39 is 0 Å². The minimum absolute atomic E-state index is 1.02. The van der Waals surface area contributed by atoms with Crippen LogP contribution in [0.5, 0.6) is 0 Å². The third-order valence-electron chi connectivity index (χ3n) is 3.49. The number of nitrogens with zero attached hydrogens (tertiary/aromatic N) is 1. The van der Waals surface area contributed by atoms with Gasteiger partial charge in [-0.1, -0.05) is 30.8 Å². The number of pyridine rings is 1. The van der Waals surface area contributed by atoms with E-state index in [1.165, 1.54) is 0 Å². The molecule has 0 saturated carbocycles. The van der Waals surface area contributed by atoms with E-state index in [2.05, 4.69) is 47.2 Å². The Morgan fingerprint density at radius 3 is 2.67 bits per heavy atom. The zero-order chi connectivity index (χ0) is 14.8. The van der Waals surface area contributed by atoms with Crippen LogP contribution >= 0.6 is 0 Å². The Bertz CT molecular complexity index is 819. The lowest BCUT2D eigenvalue weighted by atomic mass is 10.1. The maximum atomic E-state index is 4.53. The van der Waals surface area contributed by atoms with Crippen LogP contribution in [0, 0.1) is 6.92 Å². The van der Waals surface area contributed by atoms with Crippen LogP contribution in [0.3, 0.4) is 0 Å². The fourth-order valence-electron chi connectivity index (χ4n) is 2.43. The molecule has 0 radical (unpaired) electrons.